The normalized spacial score (nSPS) is 10.7. The molecule has 2 heterocycles. The molecule has 3 rings (SSSR count). The lowest BCUT2D eigenvalue weighted by atomic mass is 10.2. The van der Waals surface area contributed by atoms with Crippen molar-refractivity contribution in [2.75, 3.05) is 11.1 Å². The highest BCUT2D eigenvalue weighted by Gasteiger charge is 2.14. The summed E-state index contributed by atoms with van der Waals surface area (Å²) in [4.78, 5) is 20.4. The number of rotatable bonds is 5. The first-order chi connectivity index (χ1) is 12.0. The topological polar surface area (TPSA) is 85.6 Å². The third kappa shape index (κ3) is 4.15. The van der Waals surface area contributed by atoms with Crippen LogP contribution < -0.4 is 5.32 Å². The monoisotopic (exact) mass is 374 g/mol. The van der Waals surface area contributed by atoms with Crippen LogP contribution in [0.2, 0.25) is 5.02 Å². The molecule has 0 spiro atoms. The summed E-state index contributed by atoms with van der Waals surface area (Å²) in [5, 5.41) is 12.3. The number of carbonyl (C=O) groups excluding carboxylic acids is 1. The molecule has 0 radical (unpaired) electrons. The van der Waals surface area contributed by atoms with Gasteiger partial charge < -0.3 is 9.88 Å². The van der Waals surface area contributed by atoms with Gasteiger partial charge in [-0.05, 0) is 24.6 Å². The predicted molar refractivity (Wildman–Crippen MR) is 97.6 cm³/mol. The predicted octanol–water partition coefficient (Wildman–Crippen LogP) is 2.96. The number of hydrogen-bond acceptors (Lipinski definition) is 6. The molecular weight excluding hydrogens is 360 g/mol. The van der Waals surface area contributed by atoms with Crippen molar-refractivity contribution in [2.24, 2.45) is 7.05 Å². The van der Waals surface area contributed by atoms with Gasteiger partial charge in [0.1, 0.15) is 5.69 Å². The molecule has 0 aliphatic rings. The lowest BCUT2D eigenvalue weighted by Gasteiger charge is -2.08. The first kappa shape index (κ1) is 17.4. The van der Waals surface area contributed by atoms with Gasteiger partial charge in [0.15, 0.2) is 11.0 Å². The Bertz CT molecular complexity index is 899. The van der Waals surface area contributed by atoms with E-state index in [-0.39, 0.29) is 11.7 Å². The minimum atomic E-state index is -0.139. The van der Waals surface area contributed by atoms with Gasteiger partial charge in [-0.15, -0.1) is 10.2 Å². The van der Waals surface area contributed by atoms with E-state index in [0.29, 0.717) is 27.4 Å². The molecule has 1 N–H and O–H groups in total. The molecule has 0 saturated heterocycles. The highest BCUT2D eigenvalue weighted by molar-refractivity contribution is 7.99. The van der Waals surface area contributed by atoms with Gasteiger partial charge in [0.25, 0.3) is 0 Å². The van der Waals surface area contributed by atoms with Crippen molar-refractivity contribution in [3.05, 3.63) is 47.4 Å². The number of amides is 1. The zero-order chi connectivity index (χ0) is 17.8. The third-order valence-corrected chi connectivity index (χ3v) is 4.69. The zero-order valence-electron chi connectivity index (χ0n) is 13.6. The Morgan fingerprint density at radius 2 is 2.16 bits per heavy atom. The van der Waals surface area contributed by atoms with Crippen LogP contribution in [0, 0.1) is 6.92 Å². The van der Waals surface area contributed by atoms with Gasteiger partial charge in [0.05, 0.1) is 11.9 Å². The van der Waals surface area contributed by atoms with Gasteiger partial charge in [-0.1, -0.05) is 29.4 Å². The van der Waals surface area contributed by atoms with E-state index in [0.717, 1.165) is 5.56 Å². The fraction of sp³-hybridized carbons (Fsp3) is 0.188. The highest BCUT2D eigenvalue weighted by atomic mass is 35.5. The van der Waals surface area contributed by atoms with Gasteiger partial charge in [-0.3, -0.25) is 9.78 Å². The summed E-state index contributed by atoms with van der Waals surface area (Å²) in [5.41, 5.74) is 2.28. The summed E-state index contributed by atoms with van der Waals surface area (Å²) in [5.74, 6) is 0.666. The summed E-state index contributed by atoms with van der Waals surface area (Å²) in [6.45, 7) is 1.91. The maximum atomic E-state index is 12.2. The quantitative estimate of drug-likeness (QED) is 0.691. The smallest absolute Gasteiger partial charge is 0.234 e. The molecule has 0 unspecified atom stereocenters. The Morgan fingerprint density at radius 1 is 1.32 bits per heavy atom. The molecule has 0 aliphatic heterocycles. The number of carbonyl (C=O) groups is 1. The fourth-order valence-electron chi connectivity index (χ4n) is 2.12. The molecule has 0 bridgehead atoms. The average molecular weight is 375 g/mol. The minimum Gasteiger partial charge on any atom is -0.325 e. The lowest BCUT2D eigenvalue weighted by Crippen LogP contribution is -2.15. The van der Waals surface area contributed by atoms with Crippen LogP contribution in [0.3, 0.4) is 0 Å². The number of halogens is 1. The Balaban J connectivity index is 1.65. The van der Waals surface area contributed by atoms with Crippen LogP contribution in [-0.4, -0.2) is 36.4 Å². The molecule has 0 aliphatic carbocycles. The second-order valence-corrected chi connectivity index (χ2v) is 6.63. The van der Waals surface area contributed by atoms with E-state index in [4.69, 9.17) is 11.6 Å². The number of aryl methyl sites for hydroxylation is 1. The van der Waals surface area contributed by atoms with Crippen molar-refractivity contribution >= 4 is 35.0 Å². The van der Waals surface area contributed by atoms with Crippen molar-refractivity contribution in [1.82, 2.24) is 24.7 Å². The molecule has 25 heavy (non-hydrogen) atoms. The van der Waals surface area contributed by atoms with Crippen LogP contribution in [0.15, 0.2) is 41.9 Å². The minimum absolute atomic E-state index is 0.139. The maximum Gasteiger partial charge on any atom is 0.234 e. The standard InChI is InChI=1S/C16H15ClN6OS/c1-10-3-4-11(17)7-12(10)20-14(24)9-25-16-22-21-15(23(16)2)13-8-18-5-6-19-13/h3-8H,9H2,1-2H3,(H,20,24). The van der Waals surface area contributed by atoms with Crippen LogP contribution in [0.4, 0.5) is 5.69 Å². The Hall–Kier alpha value is -2.45. The summed E-state index contributed by atoms with van der Waals surface area (Å²) in [6.07, 6.45) is 4.81. The Kier molecular flexibility index (Phi) is 5.30. The molecule has 2 aromatic heterocycles. The number of nitrogens with one attached hydrogen (secondary N) is 1. The zero-order valence-corrected chi connectivity index (χ0v) is 15.2. The van der Waals surface area contributed by atoms with E-state index in [1.54, 1.807) is 35.3 Å². The van der Waals surface area contributed by atoms with Gasteiger partial charge in [0.2, 0.25) is 5.91 Å². The molecule has 9 heteroatoms. The molecule has 1 aromatic carbocycles. The van der Waals surface area contributed by atoms with Gasteiger partial charge in [-0.2, -0.15) is 0 Å². The summed E-state index contributed by atoms with van der Waals surface area (Å²) in [7, 11) is 1.82. The van der Waals surface area contributed by atoms with Crippen LogP contribution in [0.5, 0.6) is 0 Å². The van der Waals surface area contributed by atoms with E-state index >= 15 is 0 Å². The van der Waals surface area contributed by atoms with E-state index < -0.39 is 0 Å². The van der Waals surface area contributed by atoms with Gasteiger partial charge >= 0.3 is 0 Å². The molecule has 0 saturated carbocycles. The van der Waals surface area contributed by atoms with Crippen molar-refractivity contribution in [1.29, 1.82) is 0 Å². The summed E-state index contributed by atoms with van der Waals surface area (Å²) in [6, 6.07) is 5.38. The molecule has 3 aromatic rings. The second kappa shape index (κ2) is 7.62. The van der Waals surface area contributed by atoms with Gasteiger partial charge in [0, 0.05) is 30.2 Å². The molecule has 0 fully saturated rings. The van der Waals surface area contributed by atoms with Crippen LogP contribution in [-0.2, 0) is 11.8 Å². The van der Waals surface area contributed by atoms with Crippen LogP contribution in [0.25, 0.3) is 11.5 Å². The lowest BCUT2D eigenvalue weighted by molar-refractivity contribution is -0.113. The summed E-state index contributed by atoms with van der Waals surface area (Å²) < 4.78 is 1.78. The van der Waals surface area contributed by atoms with E-state index in [9.17, 15) is 4.79 Å². The van der Waals surface area contributed by atoms with Crippen LogP contribution in [0.1, 0.15) is 5.56 Å². The largest absolute Gasteiger partial charge is 0.325 e. The van der Waals surface area contributed by atoms with Crippen molar-refractivity contribution in [3.63, 3.8) is 0 Å². The number of benzene rings is 1. The van der Waals surface area contributed by atoms with E-state index in [1.165, 1.54) is 11.8 Å². The SMILES string of the molecule is Cc1ccc(Cl)cc1NC(=O)CSc1nnc(-c2cnccn2)n1C. The maximum absolute atomic E-state index is 12.2. The first-order valence-corrected chi connectivity index (χ1v) is 8.75. The number of thioether (sulfide) groups is 1. The second-order valence-electron chi connectivity index (χ2n) is 5.25. The van der Waals surface area contributed by atoms with Crippen molar-refractivity contribution < 1.29 is 4.79 Å². The molecule has 7 nitrogen and oxygen atoms in total. The Morgan fingerprint density at radius 3 is 2.92 bits per heavy atom. The fourth-order valence-corrected chi connectivity index (χ4v) is 3.01. The number of hydrogen-bond donors (Lipinski definition) is 1. The van der Waals surface area contributed by atoms with E-state index in [1.807, 2.05) is 20.0 Å². The van der Waals surface area contributed by atoms with Crippen molar-refractivity contribution in [3.8, 4) is 11.5 Å². The molecule has 0 atom stereocenters. The number of nitrogens with zero attached hydrogens (tertiary/aromatic N) is 5. The first-order valence-electron chi connectivity index (χ1n) is 7.39. The Labute approximate surface area is 153 Å². The highest BCUT2D eigenvalue weighted by Crippen LogP contribution is 2.23. The van der Waals surface area contributed by atoms with Crippen molar-refractivity contribution in [2.45, 2.75) is 12.1 Å². The molecule has 128 valence electrons. The van der Waals surface area contributed by atoms with Gasteiger partial charge in [-0.25, -0.2) is 4.98 Å². The molecular formula is C16H15ClN6OS. The third-order valence-electron chi connectivity index (χ3n) is 3.43. The number of anilines is 1. The number of aromatic nitrogens is 5. The van der Waals surface area contributed by atoms with E-state index in [2.05, 4.69) is 25.5 Å². The van der Waals surface area contributed by atoms with Crippen LogP contribution >= 0.6 is 23.4 Å². The average Bonchev–Trinajstić information content (AvgIpc) is 2.98. The molecule has 1 amide bonds. The summed E-state index contributed by atoms with van der Waals surface area (Å²) >= 11 is 7.26.